The number of carbonyl (C=O) groups excluding carboxylic acids is 4. The Morgan fingerprint density at radius 2 is 0.352 bits per heavy atom. The van der Waals surface area contributed by atoms with E-state index in [0.29, 0.717) is 114 Å². The third-order valence-corrected chi connectivity index (χ3v) is 33.7. The fraction of sp³-hybridized carbons (Fsp3) is 0.234. The molecule has 4 heterocycles. The van der Waals surface area contributed by atoms with Gasteiger partial charge in [-0.15, -0.1) is 46.4 Å². The van der Waals surface area contributed by atoms with Gasteiger partial charge >= 0.3 is 0 Å². The summed E-state index contributed by atoms with van der Waals surface area (Å²) in [5.41, 5.74) is -3.64. The van der Waals surface area contributed by atoms with Gasteiger partial charge in [-0.05, 0) is 79.7 Å². The van der Waals surface area contributed by atoms with E-state index in [2.05, 4.69) is 0 Å². The van der Waals surface area contributed by atoms with Crippen LogP contribution in [0, 0.1) is 20.8 Å². The van der Waals surface area contributed by atoms with Crippen LogP contribution in [0.25, 0.3) is 0 Å². The topological polar surface area (TPSA) is 257 Å². The molecule has 0 N–H and O–H groups in total. The lowest BCUT2D eigenvalue weighted by Gasteiger charge is -2.30. The SMILES string of the molecule is CCN(CC)C(=O)[C@@H](c1cccc[n+]1[O-])P(=O)(c1ccccc1)c1ccccc1.CCN(CC)C(=O)[C@@H](c1cccc[n+]1[O-])P(=O)(c1ccccc1)c1ccccc1.CCN(CC)C(=O)[C@@H](c1cccc[n+]1[O-])P(=O)(c1ccccc1)c1ccccc1.CCN(CC)C(=O)[C@H](c1cccc[n+]1[O-])P(=O)(c1ccccc1)c1ccccc1.ClCCl.ClCCl. The predicted molar refractivity (Wildman–Crippen MR) is 496 cm³/mol. The number of carbonyl (C=O) groups is 4. The van der Waals surface area contributed by atoms with Crippen molar-refractivity contribution in [1.29, 1.82) is 0 Å². The summed E-state index contributed by atoms with van der Waals surface area (Å²) in [4.78, 5) is 61.2. The lowest BCUT2D eigenvalue weighted by atomic mass is 10.2. The molecule has 0 aliphatic carbocycles. The summed E-state index contributed by atoms with van der Waals surface area (Å²) in [6.07, 6.45) is 5.38. The van der Waals surface area contributed by atoms with Crippen molar-refractivity contribution in [2.45, 2.75) is 78.0 Å². The smallest absolute Gasteiger partial charge is 0.244 e. The van der Waals surface area contributed by atoms with E-state index in [0.717, 1.165) is 0 Å². The largest absolute Gasteiger partial charge is 0.618 e. The van der Waals surface area contributed by atoms with Crippen molar-refractivity contribution in [3.8, 4) is 0 Å². The van der Waals surface area contributed by atoms with Gasteiger partial charge in [-0.2, -0.15) is 18.9 Å². The third kappa shape index (κ3) is 23.7. The van der Waals surface area contributed by atoms with E-state index in [1.807, 2.05) is 104 Å². The second kappa shape index (κ2) is 49.6. The van der Waals surface area contributed by atoms with Gasteiger partial charge in [0.15, 0.2) is 76.0 Å². The molecule has 8 aromatic carbocycles. The molecule has 0 radical (unpaired) electrons. The number of rotatable bonds is 28. The molecular weight excluding hydrogens is 1700 g/mol. The van der Waals surface area contributed by atoms with E-state index < -0.39 is 51.2 Å². The minimum atomic E-state index is -3.53. The van der Waals surface area contributed by atoms with Crippen LogP contribution in [-0.4, -0.2) is 106 Å². The zero-order valence-corrected chi connectivity index (χ0v) is 76.1. The zero-order valence-electron chi connectivity index (χ0n) is 69.5. The number of nitrogens with zero attached hydrogens (tertiary/aromatic N) is 8. The van der Waals surface area contributed by atoms with Crippen LogP contribution in [0.1, 0.15) is 101 Å². The maximum Gasteiger partial charge on any atom is 0.244 e. The number of hydrogen-bond acceptors (Lipinski definition) is 12. The number of alkyl halides is 4. The predicted octanol–water partition coefficient (Wildman–Crippen LogP) is 15.8. The van der Waals surface area contributed by atoms with Gasteiger partial charge in [0.05, 0.1) is 10.7 Å². The van der Waals surface area contributed by atoms with Crippen molar-refractivity contribution in [2.75, 3.05) is 63.0 Å². The Kier molecular flexibility index (Phi) is 40.1. The van der Waals surface area contributed by atoms with Crippen molar-refractivity contribution in [2.24, 2.45) is 0 Å². The maximum absolute atomic E-state index is 14.8. The molecule has 4 aromatic heterocycles. The van der Waals surface area contributed by atoms with Gasteiger partial charge in [-0.3, -0.25) is 19.2 Å². The van der Waals surface area contributed by atoms with Gasteiger partial charge in [0.25, 0.3) is 0 Å². The Balaban J connectivity index is 0.000000219. The van der Waals surface area contributed by atoms with Gasteiger partial charge in [0, 0.05) is 143 Å². The van der Waals surface area contributed by atoms with Crippen molar-refractivity contribution in [1.82, 2.24) is 19.6 Å². The molecule has 12 aromatic rings. The van der Waals surface area contributed by atoms with Gasteiger partial charge < -0.3 is 58.7 Å². The Bertz CT molecular complexity index is 4570. The molecule has 12 rings (SSSR count). The molecule has 0 saturated carbocycles. The molecule has 0 bridgehead atoms. The summed E-state index contributed by atoms with van der Waals surface area (Å²) >= 11 is 19.1. The maximum atomic E-state index is 14.8. The number of hydrogen-bond donors (Lipinski definition) is 0. The summed E-state index contributed by atoms with van der Waals surface area (Å²) in [6, 6.07) is 91.6. The van der Waals surface area contributed by atoms with Gasteiger partial charge in [0.2, 0.25) is 46.4 Å². The highest BCUT2D eigenvalue weighted by molar-refractivity contribution is 7.81. The van der Waals surface area contributed by atoms with Crippen LogP contribution in [-0.2, 0) is 37.4 Å². The van der Waals surface area contributed by atoms with Crippen molar-refractivity contribution in [3.63, 3.8) is 0 Å². The summed E-state index contributed by atoms with van der Waals surface area (Å²) < 4.78 is 62.0. The minimum absolute atomic E-state index is 0.194. The molecule has 0 aliphatic rings. The van der Waals surface area contributed by atoms with E-state index in [-0.39, 0.29) is 57.1 Å². The Morgan fingerprint density at radius 1 is 0.238 bits per heavy atom. The highest BCUT2D eigenvalue weighted by Crippen LogP contribution is 2.61. The molecule has 4 atom stereocenters. The van der Waals surface area contributed by atoms with Crippen LogP contribution >= 0.6 is 75.0 Å². The molecule has 0 fully saturated rings. The number of halogens is 4. The molecule has 0 spiro atoms. The monoisotopic (exact) mass is 1800 g/mol. The standard InChI is InChI=1S/4C23H25N2O3P.2CH2Cl2/c4*1-3-24(4-2)23(26)22(21-17-11-12-18-25(21)27)29(28,19-13-7-5-8-14-19)20-15-9-6-10-16-20;2*2-1-3/h4*5-18,22H,3-4H2,1-2H3;2*1H2/t4*22-;;/m1110../s1. The number of pyridine rings is 4. The van der Waals surface area contributed by atoms with E-state index >= 15 is 0 Å². The normalized spacial score (nSPS) is 12.0. The first kappa shape index (κ1) is 98.6. The highest BCUT2D eigenvalue weighted by Gasteiger charge is 2.52. The van der Waals surface area contributed by atoms with Gasteiger partial charge in [-0.1, -0.05) is 243 Å². The Hall–Kier alpha value is -10.5. The van der Waals surface area contributed by atoms with Crippen molar-refractivity contribution >= 4 is 141 Å². The Labute approximate surface area is 736 Å². The molecule has 4 amide bonds. The van der Waals surface area contributed by atoms with Crippen LogP contribution in [0.15, 0.2) is 340 Å². The molecule has 28 heteroatoms. The lowest BCUT2D eigenvalue weighted by molar-refractivity contribution is -0.613. The Morgan fingerprint density at radius 3 is 0.459 bits per heavy atom. The van der Waals surface area contributed by atoms with Crippen LogP contribution in [0.3, 0.4) is 0 Å². The molecule has 0 saturated heterocycles. The molecule has 0 unspecified atom stereocenters. The first-order valence-electron chi connectivity index (χ1n) is 39.9. The molecular formula is C94H104Cl4N8O12P4. The van der Waals surface area contributed by atoms with Crippen molar-refractivity contribution < 1.29 is 56.4 Å². The van der Waals surface area contributed by atoms with E-state index in [1.54, 1.807) is 287 Å². The van der Waals surface area contributed by atoms with E-state index in [1.165, 1.54) is 24.8 Å². The van der Waals surface area contributed by atoms with E-state index in [4.69, 9.17) is 46.4 Å². The lowest BCUT2D eigenvalue weighted by Crippen LogP contribution is -2.43. The first-order valence-corrected chi connectivity index (χ1v) is 49.2. The van der Waals surface area contributed by atoms with Gasteiger partial charge in [-0.25, -0.2) is 0 Å². The summed E-state index contributed by atoms with van der Waals surface area (Å²) in [5.74, 6) is -1.22. The fourth-order valence-corrected chi connectivity index (χ4v) is 27.0. The average Bonchev–Trinajstić information content (AvgIpc) is 0.764. The molecule has 640 valence electrons. The second-order valence-corrected chi connectivity index (χ2v) is 40.1. The van der Waals surface area contributed by atoms with E-state index in [9.17, 15) is 58.3 Å². The summed E-state index contributed by atoms with van der Waals surface area (Å²) in [5, 5.41) is 55.6. The zero-order chi connectivity index (χ0) is 88.8. The number of aromatic nitrogens is 4. The van der Waals surface area contributed by atoms with Crippen LogP contribution in [0.5, 0.6) is 0 Å². The highest BCUT2D eigenvalue weighted by atomic mass is 35.5. The molecule has 122 heavy (non-hydrogen) atoms. The molecule has 0 aliphatic heterocycles. The number of amides is 4. The van der Waals surface area contributed by atoms with Crippen molar-refractivity contribution in [3.05, 3.63) is 384 Å². The second-order valence-electron chi connectivity index (χ2n) is 27.0. The third-order valence-electron chi connectivity index (χ3n) is 20.3. The molecule has 20 nitrogen and oxygen atoms in total. The number of benzene rings is 8. The van der Waals surface area contributed by atoms with Gasteiger partial charge in [0.1, 0.15) is 0 Å². The quantitative estimate of drug-likeness (QED) is 0.0192. The minimum Gasteiger partial charge on any atom is -0.618 e. The van der Waals surface area contributed by atoms with Crippen LogP contribution < -0.4 is 61.4 Å². The first-order chi connectivity index (χ1) is 59.0. The average molecular weight is 1800 g/mol. The fourth-order valence-electron chi connectivity index (χ4n) is 14.3. The summed E-state index contributed by atoms with van der Waals surface area (Å²) in [6.45, 7) is 18.8. The van der Waals surface area contributed by atoms with Crippen LogP contribution in [0.4, 0.5) is 0 Å². The summed E-state index contributed by atoms with van der Waals surface area (Å²) in [7, 11) is -14.1. The number of likely N-dealkylation sites (N-methyl/N-ethyl adjacent to an activating group) is 4. The van der Waals surface area contributed by atoms with Crippen LogP contribution in [0.2, 0.25) is 0 Å².